The van der Waals surface area contributed by atoms with E-state index in [-0.39, 0.29) is 28.0 Å². The first kappa shape index (κ1) is 19.7. The standard InChI is InChI=1S/C19H16ClFN4O3/c20-17-6-5-15(25(27)28)11-16(17)19(26)24-9-7-23(8-10-24)18(12-22)13-1-3-14(21)4-2-13/h1-6,11,18H,7-10H2/t18-/m1/s1. The highest BCUT2D eigenvalue weighted by molar-refractivity contribution is 6.33. The van der Waals surface area contributed by atoms with Gasteiger partial charge >= 0.3 is 0 Å². The number of nitro benzene ring substituents is 1. The molecule has 1 fully saturated rings. The highest BCUT2D eigenvalue weighted by Crippen LogP contribution is 2.26. The summed E-state index contributed by atoms with van der Waals surface area (Å²) in [5.41, 5.74) is 0.567. The minimum Gasteiger partial charge on any atom is -0.336 e. The number of nitriles is 1. The van der Waals surface area contributed by atoms with Gasteiger partial charge in [0.05, 0.1) is 21.6 Å². The van der Waals surface area contributed by atoms with Crippen LogP contribution in [0.3, 0.4) is 0 Å². The van der Waals surface area contributed by atoms with E-state index < -0.39 is 11.0 Å². The Bertz CT molecular complexity index is 937. The summed E-state index contributed by atoms with van der Waals surface area (Å²) < 4.78 is 13.1. The average molecular weight is 403 g/mol. The van der Waals surface area contributed by atoms with Gasteiger partial charge < -0.3 is 4.90 Å². The van der Waals surface area contributed by atoms with Crippen LogP contribution in [-0.2, 0) is 0 Å². The van der Waals surface area contributed by atoms with Crippen LogP contribution in [0.25, 0.3) is 0 Å². The number of non-ortho nitro benzene ring substituents is 1. The Kier molecular flexibility index (Phi) is 5.87. The van der Waals surface area contributed by atoms with E-state index in [0.717, 1.165) is 0 Å². The van der Waals surface area contributed by atoms with Gasteiger partial charge in [0.25, 0.3) is 11.6 Å². The van der Waals surface area contributed by atoms with E-state index in [0.29, 0.717) is 31.7 Å². The molecule has 0 bridgehead atoms. The van der Waals surface area contributed by atoms with Crippen molar-refractivity contribution in [3.63, 3.8) is 0 Å². The third-order valence-electron chi connectivity index (χ3n) is 4.67. The van der Waals surface area contributed by atoms with Gasteiger partial charge in [0.1, 0.15) is 11.9 Å². The Morgan fingerprint density at radius 1 is 1.18 bits per heavy atom. The van der Waals surface area contributed by atoms with Crippen LogP contribution in [0.5, 0.6) is 0 Å². The zero-order valence-electron chi connectivity index (χ0n) is 14.7. The van der Waals surface area contributed by atoms with Crippen molar-refractivity contribution in [1.82, 2.24) is 9.80 Å². The van der Waals surface area contributed by atoms with E-state index in [4.69, 9.17) is 11.6 Å². The maximum atomic E-state index is 13.1. The van der Waals surface area contributed by atoms with Crippen LogP contribution in [0.4, 0.5) is 10.1 Å². The lowest BCUT2D eigenvalue weighted by Gasteiger charge is -2.37. The minimum atomic E-state index is -0.578. The van der Waals surface area contributed by atoms with E-state index >= 15 is 0 Å². The summed E-state index contributed by atoms with van der Waals surface area (Å²) in [5.74, 6) is -0.756. The van der Waals surface area contributed by atoms with Crippen molar-refractivity contribution < 1.29 is 14.1 Å². The van der Waals surface area contributed by atoms with E-state index in [1.807, 2.05) is 4.90 Å². The van der Waals surface area contributed by atoms with Crippen LogP contribution >= 0.6 is 11.6 Å². The van der Waals surface area contributed by atoms with Crippen LogP contribution in [0.1, 0.15) is 22.0 Å². The molecule has 2 aromatic rings. The van der Waals surface area contributed by atoms with Crippen molar-refractivity contribution >= 4 is 23.2 Å². The van der Waals surface area contributed by atoms with Gasteiger partial charge in [0, 0.05) is 38.3 Å². The molecule has 1 atom stereocenters. The van der Waals surface area contributed by atoms with E-state index in [1.54, 1.807) is 17.0 Å². The molecule has 0 aromatic heterocycles. The SMILES string of the molecule is N#C[C@H](c1ccc(F)cc1)N1CCN(C(=O)c2cc([N+](=O)[O-])ccc2Cl)CC1. The van der Waals surface area contributed by atoms with Crippen molar-refractivity contribution in [2.45, 2.75) is 6.04 Å². The topological polar surface area (TPSA) is 90.5 Å². The smallest absolute Gasteiger partial charge is 0.270 e. The number of rotatable bonds is 4. The zero-order valence-corrected chi connectivity index (χ0v) is 15.5. The fourth-order valence-corrected chi connectivity index (χ4v) is 3.35. The number of hydrogen-bond donors (Lipinski definition) is 0. The fourth-order valence-electron chi connectivity index (χ4n) is 3.16. The summed E-state index contributed by atoms with van der Waals surface area (Å²) in [5, 5.41) is 20.6. The lowest BCUT2D eigenvalue weighted by atomic mass is 10.1. The molecule has 0 unspecified atom stereocenters. The minimum absolute atomic E-state index is 0.0830. The molecule has 0 spiro atoms. The predicted molar refractivity (Wildman–Crippen MR) is 100 cm³/mol. The monoisotopic (exact) mass is 402 g/mol. The second-order valence-corrected chi connectivity index (χ2v) is 6.74. The van der Waals surface area contributed by atoms with Crippen molar-refractivity contribution in [3.8, 4) is 6.07 Å². The number of carbonyl (C=O) groups is 1. The Labute approximate surface area is 165 Å². The largest absolute Gasteiger partial charge is 0.336 e. The predicted octanol–water partition coefficient (Wildman–Crippen LogP) is 3.41. The lowest BCUT2D eigenvalue weighted by Crippen LogP contribution is -2.49. The van der Waals surface area contributed by atoms with Gasteiger partial charge in [-0.1, -0.05) is 23.7 Å². The number of piperazine rings is 1. The normalized spacial score (nSPS) is 15.7. The maximum absolute atomic E-state index is 13.1. The average Bonchev–Trinajstić information content (AvgIpc) is 2.70. The molecule has 1 saturated heterocycles. The maximum Gasteiger partial charge on any atom is 0.270 e. The van der Waals surface area contributed by atoms with Crippen molar-refractivity contribution in [2.75, 3.05) is 26.2 Å². The lowest BCUT2D eigenvalue weighted by molar-refractivity contribution is -0.384. The van der Waals surface area contributed by atoms with E-state index in [1.165, 1.54) is 30.3 Å². The quantitative estimate of drug-likeness (QED) is 0.577. The Morgan fingerprint density at radius 3 is 2.39 bits per heavy atom. The second-order valence-electron chi connectivity index (χ2n) is 6.33. The van der Waals surface area contributed by atoms with Crippen molar-refractivity contribution in [2.24, 2.45) is 0 Å². The van der Waals surface area contributed by atoms with Crippen molar-refractivity contribution in [3.05, 3.63) is 74.5 Å². The third-order valence-corrected chi connectivity index (χ3v) is 5.00. The first-order valence-electron chi connectivity index (χ1n) is 8.53. The Hall–Kier alpha value is -3.02. The van der Waals surface area contributed by atoms with Gasteiger partial charge in [-0.05, 0) is 23.8 Å². The molecule has 2 aromatic carbocycles. The summed E-state index contributed by atoms with van der Waals surface area (Å²) >= 11 is 6.06. The molecule has 144 valence electrons. The molecular formula is C19H16ClFN4O3. The van der Waals surface area contributed by atoms with Crippen LogP contribution in [-0.4, -0.2) is 46.8 Å². The van der Waals surface area contributed by atoms with Gasteiger partial charge in [-0.15, -0.1) is 0 Å². The first-order valence-corrected chi connectivity index (χ1v) is 8.91. The first-order chi connectivity index (χ1) is 13.4. The van der Waals surface area contributed by atoms with Gasteiger partial charge in [-0.25, -0.2) is 4.39 Å². The fraction of sp³-hybridized carbons (Fsp3) is 0.263. The number of carbonyl (C=O) groups excluding carboxylic acids is 1. The van der Waals surface area contributed by atoms with Crippen LogP contribution in [0.15, 0.2) is 42.5 Å². The molecule has 1 aliphatic rings. The van der Waals surface area contributed by atoms with E-state index in [2.05, 4.69) is 6.07 Å². The number of halogens is 2. The molecule has 0 N–H and O–H groups in total. The van der Waals surface area contributed by atoms with Crippen molar-refractivity contribution in [1.29, 1.82) is 5.26 Å². The highest BCUT2D eigenvalue weighted by atomic mass is 35.5. The molecule has 1 amide bonds. The van der Waals surface area contributed by atoms with Gasteiger partial charge in [-0.3, -0.25) is 19.8 Å². The molecule has 1 aliphatic heterocycles. The Balaban J connectivity index is 1.70. The molecule has 0 aliphatic carbocycles. The number of nitro groups is 1. The molecule has 9 heteroatoms. The molecule has 0 radical (unpaired) electrons. The number of hydrogen-bond acceptors (Lipinski definition) is 5. The van der Waals surface area contributed by atoms with Crippen LogP contribution < -0.4 is 0 Å². The second kappa shape index (κ2) is 8.33. The Morgan fingerprint density at radius 2 is 1.82 bits per heavy atom. The summed E-state index contributed by atoms with van der Waals surface area (Å²) in [7, 11) is 0. The van der Waals surface area contributed by atoms with Crippen LogP contribution in [0, 0.1) is 27.3 Å². The number of amides is 1. The number of benzene rings is 2. The van der Waals surface area contributed by atoms with Gasteiger partial charge in [0.2, 0.25) is 0 Å². The molecule has 3 rings (SSSR count). The zero-order chi connectivity index (χ0) is 20.3. The van der Waals surface area contributed by atoms with Crippen LogP contribution in [0.2, 0.25) is 5.02 Å². The summed E-state index contributed by atoms with van der Waals surface area (Å²) in [4.78, 5) is 26.6. The third kappa shape index (κ3) is 4.11. The van der Waals surface area contributed by atoms with Gasteiger partial charge in [0.15, 0.2) is 0 Å². The highest BCUT2D eigenvalue weighted by Gasteiger charge is 2.29. The van der Waals surface area contributed by atoms with E-state index in [9.17, 15) is 24.6 Å². The number of nitrogens with zero attached hydrogens (tertiary/aromatic N) is 4. The summed E-state index contributed by atoms with van der Waals surface area (Å²) in [6, 6.07) is 11.2. The molecule has 0 saturated carbocycles. The molecule has 7 nitrogen and oxygen atoms in total. The van der Waals surface area contributed by atoms with Gasteiger partial charge in [-0.2, -0.15) is 5.26 Å². The molecule has 1 heterocycles. The summed E-state index contributed by atoms with van der Waals surface area (Å²) in [6.45, 7) is 1.57. The summed E-state index contributed by atoms with van der Waals surface area (Å²) in [6.07, 6.45) is 0. The molecular weight excluding hydrogens is 387 g/mol. The molecule has 28 heavy (non-hydrogen) atoms.